The van der Waals surface area contributed by atoms with Gasteiger partial charge in [0, 0.05) is 5.54 Å². The van der Waals surface area contributed by atoms with Gasteiger partial charge in [0.05, 0.1) is 11.6 Å². The van der Waals surface area contributed by atoms with Gasteiger partial charge in [-0.05, 0) is 47.8 Å². The van der Waals surface area contributed by atoms with E-state index in [4.69, 9.17) is 10.5 Å². The summed E-state index contributed by atoms with van der Waals surface area (Å²) in [7, 11) is 1.52. The molecule has 0 aliphatic carbocycles. The molecule has 0 heterocycles. The molecule has 0 unspecified atom stereocenters. The first-order chi connectivity index (χ1) is 6.85. The summed E-state index contributed by atoms with van der Waals surface area (Å²) in [6, 6.07) is 3.11. The average molecular weight is 276 g/mol. The lowest BCUT2D eigenvalue weighted by atomic mass is 9.95. The number of hydrogen-bond donors (Lipinski definition) is 1. The van der Waals surface area contributed by atoms with Crippen molar-refractivity contribution >= 4 is 15.9 Å². The standard InChI is InChI=1S/C11H15BrFNO/c1-11(2,14)6-7-4-5-8(13)9(12)10(7)15-3/h4-5H,6,14H2,1-3H3. The molecule has 1 aromatic carbocycles. The van der Waals surface area contributed by atoms with E-state index in [0.29, 0.717) is 16.6 Å². The second-order valence-corrected chi connectivity index (χ2v) is 5.01. The highest BCUT2D eigenvalue weighted by atomic mass is 79.9. The molecule has 0 atom stereocenters. The van der Waals surface area contributed by atoms with Gasteiger partial charge in [0.1, 0.15) is 11.6 Å². The fourth-order valence-electron chi connectivity index (χ4n) is 1.42. The van der Waals surface area contributed by atoms with E-state index in [-0.39, 0.29) is 11.4 Å². The van der Waals surface area contributed by atoms with Crippen molar-refractivity contribution < 1.29 is 9.13 Å². The van der Waals surface area contributed by atoms with Crippen molar-refractivity contribution in [2.75, 3.05) is 7.11 Å². The summed E-state index contributed by atoms with van der Waals surface area (Å²) in [5.74, 6) is 0.193. The van der Waals surface area contributed by atoms with Crippen LogP contribution in [0.2, 0.25) is 0 Å². The van der Waals surface area contributed by atoms with Gasteiger partial charge in [-0.2, -0.15) is 0 Å². The molecular weight excluding hydrogens is 261 g/mol. The van der Waals surface area contributed by atoms with Crippen molar-refractivity contribution in [2.45, 2.75) is 25.8 Å². The minimum absolute atomic E-state index is 0.328. The van der Waals surface area contributed by atoms with Gasteiger partial charge in [-0.1, -0.05) is 6.07 Å². The van der Waals surface area contributed by atoms with E-state index in [9.17, 15) is 4.39 Å². The first-order valence-corrected chi connectivity index (χ1v) is 5.44. The predicted molar refractivity (Wildman–Crippen MR) is 62.6 cm³/mol. The van der Waals surface area contributed by atoms with Crippen LogP contribution in [0.25, 0.3) is 0 Å². The second-order valence-electron chi connectivity index (χ2n) is 4.22. The van der Waals surface area contributed by atoms with Crippen LogP contribution >= 0.6 is 15.9 Å². The third-order valence-electron chi connectivity index (χ3n) is 1.98. The van der Waals surface area contributed by atoms with Crippen molar-refractivity contribution in [1.82, 2.24) is 0 Å². The van der Waals surface area contributed by atoms with Gasteiger partial charge >= 0.3 is 0 Å². The van der Waals surface area contributed by atoms with Crippen LogP contribution in [0, 0.1) is 5.82 Å². The first-order valence-electron chi connectivity index (χ1n) is 4.65. The maximum absolute atomic E-state index is 13.2. The van der Waals surface area contributed by atoms with Gasteiger partial charge in [0.2, 0.25) is 0 Å². The van der Waals surface area contributed by atoms with Crippen LogP contribution in [-0.4, -0.2) is 12.6 Å². The summed E-state index contributed by atoms with van der Waals surface area (Å²) in [5.41, 5.74) is 6.47. The van der Waals surface area contributed by atoms with Crippen LogP contribution in [0.3, 0.4) is 0 Å². The molecule has 0 saturated carbocycles. The van der Waals surface area contributed by atoms with Crippen molar-refractivity contribution in [3.8, 4) is 5.75 Å². The lowest BCUT2D eigenvalue weighted by Crippen LogP contribution is -2.34. The molecule has 0 spiro atoms. The monoisotopic (exact) mass is 275 g/mol. The zero-order valence-electron chi connectivity index (χ0n) is 9.10. The summed E-state index contributed by atoms with van der Waals surface area (Å²) in [6.45, 7) is 3.84. The van der Waals surface area contributed by atoms with E-state index < -0.39 is 0 Å². The van der Waals surface area contributed by atoms with Gasteiger partial charge < -0.3 is 10.5 Å². The molecule has 0 aromatic heterocycles. The summed E-state index contributed by atoms with van der Waals surface area (Å²) in [4.78, 5) is 0. The maximum Gasteiger partial charge on any atom is 0.141 e. The lowest BCUT2D eigenvalue weighted by Gasteiger charge is -2.20. The second kappa shape index (κ2) is 4.49. The van der Waals surface area contributed by atoms with Gasteiger partial charge in [0.15, 0.2) is 0 Å². The van der Waals surface area contributed by atoms with Crippen LogP contribution in [0.15, 0.2) is 16.6 Å². The number of hydrogen-bond acceptors (Lipinski definition) is 2. The van der Waals surface area contributed by atoms with Crippen LogP contribution in [0.4, 0.5) is 4.39 Å². The molecular formula is C11H15BrFNO. The number of rotatable bonds is 3. The lowest BCUT2D eigenvalue weighted by molar-refractivity contribution is 0.395. The molecule has 2 N–H and O–H groups in total. The van der Waals surface area contributed by atoms with Crippen molar-refractivity contribution in [3.05, 3.63) is 28.0 Å². The van der Waals surface area contributed by atoms with E-state index in [0.717, 1.165) is 5.56 Å². The highest BCUT2D eigenvalue weighted by molar-refractivity contribution is 9.10. The predicted octanol–water partition coefficient (Wildman–Crippen LogP) is 2.88. The Bertz CT molecular complexity index is 360. The Labute approximate surface area is 97.7 Å². The summed E-state index contributed by atoms with van der Waals surface area (Å²) >= 11 is 3.16. The van der Waals surface area contributed by atoms with Gasteiger partial charge in [-0.15, -0.1) is 0 Å². The summed E-state index contributed by atoms with van der Waals surface area (Å²) in [6.07, 6.45) is 0.634. The summed E-state index contributed by atoms with van der Waals surface area (Å²) < 4.78 is 18.7. The normalized spacial score (nSPS) is 11.6. The van der Waals surface area contributed by atoms with E-state index in [1.807, 2.05) is 13.8 Å². The average Bonchev–Trinajstić information content (AvgIpc) is 2.10. The number of ether oxygens (including phenoxy) is 1. The largest absolute Gasteiger partial charge is 0.495 e. The molecule has 15 heavy (non-hydrogen) atoms. The molecule has 0 amide bonds. The van der Waals surface area contributed by atoms with Gasteiger partial charge in [-0.3, -0.25) is 0 Å². The third-order valence-corrected chi connectivity index (χ3v) is 2.72. The minimum Gasteiger partial charge on any atom is -0.495 e. The highest BCUT2D eigenvalue weighted by Crippen LogP contribution is 2.33. The van der Waals surface area contributed by atoms with Crippen molar-refractivity contribution in [1.29, 1.82) is 0 Å². The Balaban J connectivity index is 3.14. The molecule has 0 radical (unpaired) electrons. The number of benzene rings is 1. The number of methoxy groups -OCH3 is 1. The SMILES string of the molecule is COc1c(CC(C)(C)N)ccc(F)c1Br. The van der Waals surface area contributed by atoms with E-state index in [1.54, 1.807) is 6.07 Å². The molecule has 0 aliphatic heterocycles. The topological polar surface area (TPSA) is 35.2 Å². The van der Waals surface area contributed by atoms with Crippen LogP contribution in [-0.2, 0) is 6.42 Å². The Kier molecular flexibility index (Phi) is 3.73. The fraction of sp³-hybridized carbons (Fsp3) is 0.455. The van der Waals surface area contributed by atoms with E-state index >= 15 is 0 Å². The highest BCUT2D eigenvalue weighted by Gasteiger charge is 2.18. The molecule has 0 aliphatic rings. The van der Waals surface area contributed by atoms with Crippen molar-refractivity contribution in [2.24, 2.45) is 5.73 Å². The Morgan fingerprint density at radius 1 is 1.47 bits per heavy atom. The zero-order valence-corrected chi connectivity index (χ0v) is 10.7. The fourth-order valence-corrected chi connectivity index (χ4v) is 1.97. The molecule has 84 valence electrons. The van der Waals surface area contributed by atoms with Crippen LogP contribution < -0.4 is 10.5 Å². The molecule has 1 rings (SSSR count). The summed E-state index contributed by atoms with van der Waals surface area (Å²) in [5, 5.41) is 0. The Morgan fingerprint density at radius 2 is 2.07 bits per heavy atom. The van der Waals surface area contributed by atoms with Gasteiger partial charge in [0.25, 0.3) is 0 Å². The maximum atomic E-state index is 13.2. The molecule has 0 fully saturated rings. The third kappa shape index (κ3) is 3.18. The molecule has 0 saturated heterocycles. The Hall–Kier alpha value is -0.610. The quantitative estimate of drug-likeness (QED) is 0.921. The Morgan fingerprint density at radius 3 is 2.53 bits per heavy atom. The van der Waals surface area contributed by atoms with Crippen LogP contribution in [0.5, 0.6) is 5.75 Å². The van der Waals surface area contributed by atoms with Gasteiger partial charge in [-0.25, -0.2) is 4.39 Å². The molecule has 2 nitrogen and oxygen atoms in total. The van der Waals surface area contributed by atoms with E-state index in [2.05, 4.69) is 15.9 Å². The molecule has 1 aromatic rings. The van der Waals surface area contributed by atoms with E-state index in [1.165, 1.54) is 13.2 Å². The smallest absolute Gasteiger partial charge is 0.141 e. The van der Waals surface area contributed by atoms with Crippen molar-refractivity contribution in [3.63, 3.8) is 0 Å². The zero-order chi connectivity index (χ0) is 11.6. The molecule has 4 heteroatoms. The number of halogens is 2. The first kappa shape index (κ1) is 12.5. The number of nitrogens with two attached hydrogens (primary N) is 1. The molecule has 0 bridgehead atoms. The minimum atomic E-state index is -0.343. The van der Waals surface area contributed by atoms with Crippen LogP contribution in [0.1, 0.15) is 19.4 Å².